The lowest BCUT2D eigenvalue weighted by molar-refractivity contribution is -0.0453. The molecular formula is C14H15F2NS. The zero-order chi connectivity index (χ0) is 13.2. The number of rotatable bonds is 2. The van der Waals surface area contributed by atoms with Crippen molar-refractivity contribution in [1.82, 2.24) is 0 Å². The van der Waals surface area contributed by atoms with E-state index in [1.54, 1.807) is 11.8 Å². The van der Waals surface area contributed by atoms with Crippen LogP contribution in [-0.4, -0.2) is 12.2 Å². The van der Waals surface area contributed by atoms with Crippen molar-refractivity contribution in [2.24, 2.45) is 0 Å². The molecule has 0 amide bonds. The molecule has 1 nitrogen and oxygen atoms in total. The van der Waals surface area contributed by atoms with Crippen LogP contribution in [0.5, 0.6) is 0 Å². The van der Waals surface area contributed by atoms with Gasteiger partial charge in [-0.3, -0.25) is 0 Å². The Morgan fingerprint density at radius 3 is 2.11 bits per heavy atom. The summed E-state index contributed by atoms with van der Waals surface area (Å²) in [5.74, 6) is -2.60. The highest BCUT2D eigenvalue weighted by Crippen LogP contribution is 2.45. The molecule has 0 heterocycles. The first-order valence-electron chi connectivity index (χ1n) is 5.95. The maximum atomic E-state index is 13.2. The molecule has 0 aromatic heterocycles. The normalized spacial score (nSPS) is 21.2. The van der Waals surface area contributed by atoms with Crippen molar-refractivity contribution in [1.29, 1.82) is 5.26 Å². The van der Waals surface area contributed by atoms with Gasteiger partial charge in [-0.2, -0.15) is 5.26 Å². The molecule has 0 saturated heterocycles. The Morgan fingerprint density at radius 1 is 1.11 bits per heavy atom. The van der Waals surface area contributed by atoms with Crippen molar-refractivity contribution in [2.75, 3.05) is 6.26 Å². The minimum atomic E-state index is -2.60. The summed E-state index contributed by atoms with van der Waals surface area (Å²) in [5, 5.41) is 9.39. The Balaban J connectivity index is 2.25. The van der Waals surface area contributed by atoms with E-state index < -0.39 is 11.3 Å². The van der Waals surface area contributed by atoms with Gasteiger partial charge < -0.3 is 0 Å². The van der Waals surface area contributed by atoms with Gasteiger partial charge in [0, 0.05) is 17.7 Å². The lowest BCUT2D eigenvalue weighted by Gasteiger charge is -2.35. The minimum Gasteiger partial charge on any atom is -0.207 e. The molecule has 2 rings (SSSR count). The Morgan fingerprint density at radius 2 is 1.67 bits per heavy atom. The number of nitriles is 1. The van der Waals surface area contributed by atoms with Crippen molar-refractivity contribution < 1.29 is 8.78 Å². The fourth-order valence-corrected chi connectivity index (χ4v) is 2.83. The van der Waals surface area contributed by atoms with Crippen LogP contribution in [0.2, 0.25) is 0 Å². The van der Waals surface area contributed by atoms with Crippen LogP contribution in [0.15, 0.2) is 29.2 Å². The molecule has 1 aromatic rings. The maximum Gasteiger partial charge on any atom is 0.248 e. The summed E-state index contributed by atoms with van der Waals surface area (Å²) >= 11 is 1.63. The van der Waals surface area contributed by atoms with Gasteiger partial charge in [0.2, 0.25) is 5.92 Å². The maximum absolute atomic E-state index is 13.2. The van der Waals surface area contributed by atoms with Gasteiger partial charge in [0.05, 0.1) is 11.5 Å². The van der Waals surface area contributed by atoms with Crippen LogP contribution < -0.4 is 0 Å². The summed E-state index contributed by atoms with van der Waals surface area (Å²) in [5.41, 5.74) is 0.150. The highest BCUT2D eigenvalue weighted by molar-refractivity contribution is 7.98. The minimum absolute atomic E-state index is 0.190. The van der Waals surface area contributed by atoms with Crippen LogP contribution in [0.1, 0.15) is 31.2 Å². The number of halogens is 2. The predicted molar refractivity (Wildman–Crippen MR) is 68.9 cm³/mol. The molecule has 0 bridgehead atoms. The lowest BCUT2D eigenvalue weighted by atomic mass is 9.69. The third-order valence-electron chi connectivity index (χ3n) is 3.69. The van der Waals surface area contributed by atoms with E-state index in [0.717, 1.165) is 10.5 Å². The number of nitrogens with zero attached hydrogens (tertiary/aromatic N) is 1. The van der Waals surface area contributed by atoms with E-state index in [4.69, 9.17) is 0 Å². The highest BCUT2D eigenvalue weighted by Gasteiger charge is 2.44. The van der Waals surface area contributed by atoms with Crippen LogP contribution in [0.25, 0.3) is 0 Å². The molecule has 1 fully saturated rings. The van der Waals surface area contributed by atoms with Crippen LogP contribution >= 0.6 is 11.8 Å². The van der Waals surface area contributed by atoms with Crippen molar-refractivity contribution in [2.45, 2.75) is 41.9 Å². The molecule has 1 saturated carbocycles. The molecule has 0 atom stereocenters. The number of benzene rings is 1. The summed E-state index contributed by atoms with van der Waals surface area (Å²) in [7, 11) is 0. The first-order chi connectivity index (χ1) is 8.51. The molecule has 1 aromatic carbocycles. The number of thioether (sulfide) groups is 1. The van der Waals surface area contributed by atoms with E-state index in [9.17, 15) is 14.0 Å². The monoisotopic (exact) mass is 267 g/mol. The average molecular weight is 267 g/mol. The van der Waals surface area contributed by atoms with Gasteiger partial charge in [-0.1, -0.05) is 12.1 Å². The van der Waals surface area contributed by atoms with E-state index in [1.165, 1.54) is 0 Å². The summed E-state index contributed by atoms with van der Waals surface area (Å²) in [6.07, 6.45) is 2.09. The largest absolute Gasteiger partial charge is 0.248 e. The van der Waals surface area contributed by atoms with Gasteiger partial charge in [0.25, 0.3) is 0 Å². The fourth-order valence-electron chi connectivity index (χ4n) is 2.42. The molecule has 0 unspecified atom stereocenters. The van der Waals surface area contributed by atoms with Gasteiger partial charge in [0.15, 0.2) is 0 Å². The van der Waals surface area contributed by atoms with E-state index in [-0.39, 0.29) is 25.7 Å². The Bertz CT molecular complexity index is 452. The summed E-state index contributed by atoms with van der Waals surface area (Å²) in [6.45, 7) is 0. The van der Waals surface area contributed by atoms with Crippen molar-refractivity contribution in [3.8, 4) is 6.07 Å². The van der Waals surface area contributed by atoms with Gasteiger partial charge in [-0.05, 0) is 36.8 Å². The molecule has 0 N–H and O–H groups in total. The van der Waals surface area contributed by atoms with E-state index in [0.29, 0.717) is 0 Å². The quantitative estimate of drug-likeness (QED) is 0.742. The second-order valence-electron chi connectivity index (χ2n) is 4.78. The number of hydrogen-bond donors (Lipinski definition) is 0. The summed E-state index contributed by atoms with van der Waals surface area (Å²) in [4.78, 5) is 1.12. The molecular weight excluding hydrogens is 252 g/mol. The zero-order valence-corrected chi connectivity index (χ0v) is 11.1. The second-order valence-corrected chi connectivity index (χ2v) is 5.66. The molecule has 1 aliphatic rings. The molecule has 96 valence electrons. The van der Waals surface area contributed by atoms with Gasteiger partial charge in [-0.15, -0.1) is 11.8 Å². The van der Waals surface area contributed by atoms with Gasteiger partial charge in [-0.25, -0.2) is 8.78 Å². The van der Waals surface area contributed by atoms with Crippen molar-refractivity contribution in [3.63, 3.8) is 0 Å². The van der Waals surface area contributed by atoms with E-state index >= 15 is 0 Å². The van der Waals surface area contributed by atoms with E-state index in [2.05, 4.69) is 6.07 Å². The molecule has 4 heteroatoms. The molecule has 0 spiro atoms. The van der Waals surface area contributed by atoms with Gasteiger partial charge >= 0.3 is 0 Å². The smallest absolute Gasteiger partial charge is 0.207 e. The molecule has 0 radical (unpaired) electrons. The Hall–Kier alpha value is -1.08. The van der Waals surface area contributed by atoms with Crippen LogP contribution in [0.3, 0.4) is 0 Å². The van der Waals surface area contributed by atoms with Gasteiger partial charge in [0.1, 0.15) is 0 Å². The Labute approximate surface area is 110 Å². The third-order valence-corrected chi connectivity index (χ3v) is 4.44. The van der Waals surface area contributed by atoms with Crippen LogP contribution in [0.4, 0.5) is 8.78 Å². The highest BCUT2D eigenvalue weighted by atomic mass is 32.2. The molecule has 0 aliphatic heterocycles. The topological polar surface area (TPSA) is 23.8 Å². The predicted octanol–water partition coefficient (Wildman–Crippen LogP) is 4.38. The second kappa shape index (κ2) is 4.89. The van der Waals surface area contributed by atoms with Crippen LogP contribution in [-0.2, 0) is 5.41 Å². The molecule has 1 aliphatic carbocycles. The molecule has 18 heavy (non-hydrogen) atoms. The van der Waals surface area contributed by atoms with Crippen LogP contribution in [0, 0.1) is 11.3 Å². The van der Waals surface area contributed by atoms with Crippen molar-refractivity contribution >= 4 is 11.8 Å². The zero-order valence-electron chi connectivity index (χ0n) is 10.2. The lowest BCUT2D eigenvalue weighted by Crippen LogP contribution is -2.35. The first-order valence-corrected chi connectivity index (χ1v) is 7.17. The summed E-state index contributed by atoms with van der Waals surface area (Å²) < 4.78 is 26.4. The van der Waals surface area contributed by atoms with E-state index in [1.807, 2.05) is 30.5 Å². The SMILES string of the molecule is CSc1ccc(C2(C#N)CCC(F)(F)CC2)cc1. The Kier molecular flexibility index (Phi) is 3.63. The van der Waals surface area contributed by atoms with Crippen molar-refractivity contribution in [3.05, 3.63) is 29.8 Å². The fraction of sp³-hybridized carbons (Fsp3) is 0.500. The third kappa shape index (κ3) is 2.51. The number of hydrogen-bond acceptors (Lipinski definition) is 2. The summed E-state index contributed by atoms with van der Waals surface area (Å²) in [6, 6.07) is 9.97. The number of alkyl halides is 2. The first kappa shape index (κ1) is 13.4. The average Bonchev–Trinajstić information content (AvgIpc) is 2.40. The standard InChI is InChI=1S/C14H15F2NS/c1-18-12-4-2-11(3-5-12)13(10-17)6-8-14(15,16)9-7-13/h2-5H,6-9H2,1H3.